The number of furan rings is 1. The molecule has 2 aliphatic rings. The molecule has 6 heteroatoms. The molecular weight excluding hydrogens is 348 g/mol. The molecule has 2 fully saturated rings. The minimum Gasteiger partial charge on any atom is -0.472 e. The van der Waals surface area contributed by atoms with Gasteiger partial charge in [0, 0.05) is 31.8 Å². The summed E-state index contributed by atoms with van der Waals surface area (Å²) < 4.78 is 10.6. The van der Waals surface area contributed by atoms with Gasteiger partial charge in [-0.3, -0.25) is 9.59 Å². The maximum atomic E-state index is 12.7. The number of carbonyl (C=O) groups excluding carboxylic acids is 2. The molecular formula is C21H30O6. The zero-order chi connectivity index (χ0) is 19.8. The van der Waals surface area contributed by atoms with Crippen molar-refractivity contribution in [2.45, 2.75) is 58.7 Å². The molecule has 1 aromatic rings. The average molecular weight is 378 g/mol. The van der Waals surface area contributed by atoms with Crippen LogP contribution in [-0.4, -0.2) is 40.8 Å². The maximum Gasteiger partial charge on any atom is 0.302 e. The first kappa shape index (κ1) is 20.1. The Bertz CT molecular complexity index is 668. The Balaban J connectivity index is 1.91. The monoisotopic (exact) mass is 378 g/mol. The first-order chi connectivity index (χ1) is 12.8. The molecule has 0 saturated heterocycles. The zero-order valence-corrected chi connectivity index (χ0v) is 16.3. The van der Waals surface area contributed by atoms with Gasteiger partial charge < -0.3 is 19.4 Å². The molecule has 1 heterocycles. The number of rotatable bonds is 5. The second kappa shape index (κ2) is 7.76. The number of Topliss-reactive ketones (excluding diaryl/α,β-unsaturated/α-hetero) is 1. The van der Waals surface area contributed by atoms with Crippen LogP contribution in [0.25, 0.3) is 0 Å². The van der Waals surface area contributed by atoms with Gasteiger partial charge in [-0.2, -0.15) is 0 Å². The largest absolute Gasteiger partial charge is 0.472 e. The second-order valence-electron chi connectivity index (χ2n) is 8.54. The van der Waals surface area contributed by atoms with E-state index in [0.29, 0.717) is 12.8 Å². The summed E-state index contributed by atoms with van der Waals surface area (Å²) in [6.45, 7) is 5.21. The lowest BCUT2D eigenvalue weighted by Crippen LogP contribution is -2.60. The lowest BCUT2D eigenvalue weighted by Gasteiger charge is -2.57. The molecule has 2 saturated carbocycles. The fourth-order valence-electron chi connectivity index (χ4n) is 5.61. The van der Waals surface area contributed by atoms with Gasteiger partial charge in [0.1, 0.15) is 11.9 Å². The van der Waals surface area contributed by atoms with Crippen molar-refractivity contribution >= 4 is 11.8 Å². The Morgan fingerprint density at radius 2 is 2.19 bits per heavy atom. The van der Waals surface area contributed by atoms with Crippen LogP contribution in [0.1, 0.15) is 45.6 Å². The maximum absolute atomic E-state index is 12.7. The Morgan fingerprint density at radius 1 is 1.44 bits per heavy atom. The number of carbonyl (C=O) groups is 2. The molecule has 0 aliphatic heterocycles. The normalized spacial score (nSPS) is 39.1. The number of ether oxygens (including phenoxy) is 1. The van der Waals surface area contributed by atoms with Gasteiger partial charge in [-0.15, -0.1) is 0 Å². The first-order valence-electron chi connectivity index (χ1n) is 9.77. The van der Waals surface area contributed by atoms with Crippen molar-refractivity contribution in [2.75, 3.05) is 6.61 Å². The Morgan fingerprint density at radius 3 is 2.78 bits per heavy atom. The molecule has 0 amide bonds. The highest BCUT2D eigenvalue weighted by molar-refractivity contribution is 5.82. The number of ketones is 1. The summed E-state index contributed by atoms with van der Waals surface area (Å²) >= 11 is 0. The van der Waals surface area contributed by atoms with E-state index in [0.717, 1.165) is 18.4 Å². The van der Waals surface area contributed by atoms with Crippen LogP contribution in [0.3, 0.4) is 0 Å². The highest BCUT2D eigenvalue weighted by Crippen LogP contribution is 2.57. The van der Waals surface area contributed by atoms with Crippen LogP contribution >= 0.6 is 0 Å². The fraction of sp³-hybridized carbons (Fsp3) is 0.714. The van der Waals surface area contributed by atoms with Gasteiger partial charge in [-0.05, 0) is 48.1 Å². The second-order valence-corrected chi connectivity index (χ2v) is 8.54. The van der Waals surface area contributed by atoms with Crippen LogP contribution in [0, 0.1) is 29.1 Å². The summed E-state index contributed by atoms with van der Waals surface area (Å²) in [4.78, 5) is 24.3. The molecule has 7 atom stereocenters. The van der Waals surface area contributed by atoms with Gasteiger partial charge in [-0.1, -0.05) is 13.8 Å². The van der Waals surface area contributed by atoms with Crippen molar-refractivity contribution in [2.24, 2.45) is 29.1 Å². The number of aryl methyl sites for hydroxylation is 1. The molecule has 3 rings (SSSR count). The smallest absolute Gasteiger partial charge is 0.302 e. The van der Waals surface area contributed by atoms with Crippen LogP contribution in [0.15, 0.2) is 23.0 Å². The van der Waals surface area contributed by atoms with E-state index < -0.39 is 24.1 Å². The van der Waals surface area contributed by atoms with E-state index in [9.17, 15) is 19.8 Å². The van der Waals surface area contributed by atoms with Gasteiger partial charge in [0.15, 0.2) is 0 Å². The Labute approximate surface area is 159 Å². The van der Waals surface area contributed by atoms with Crippen LogP contribution in [0.5, 0.6) is 0 Å². The third kappa shape index (κ3) is 3.69. The standard InChI is InChI=1S/C21H30O6/c1-12-16(5-4-14-6-7-26-11-14)21(3)9-19(27-13(2)23)20(25)15(10-22)17(21)8-18(12)24/h6-7,11-12,15-17,19-20,22,25H,4-5,8-10H2,1-3H3. The quantitative estimate of drug-likeness (QED) is 0.764. The number of esters is 1. The van der Waals surface area contributed by atoms with Crippen LogP contribution in [-0.2, 0) is 20.7 Å². The lowest BCUT2D eigenvalue weighted by atomic mass is 9.48. The van der Waals surface area contributed by atoms with Crippen molar-refractivity contribution in [1.82, 2.24) is 0 Å². The predicted octanol–water partition coefficient (Wildman–Crippen LogP) is 2.36. The van der Waals surface area contributed by atoms with Crippen molar-refractivity contribution in [3.63, 3.8) is 0 Å². The minimum atomic E-state index is -0.951. The van der Waals surface area contributed by atoms with Crippen molar-refractivity contribution in [3.05, 3.63) is 24.2 Å². The summed E-state index contributed by atoms with van der Waals surface area (Å²) in [6.07, 6.45) is 4.22. The molecule has 2 N–H and O–H groups in total. The molecule has 7 unspecified atom stereocenters. The summed E-state index contributed by atoms with van der Waals surface area (Å²) in [5, 5.41) is 20.6. The SMILES string of the molecule is CC(=O)OC1CC2(C)C(CCc3ccoc3)C(C)C(=O)CC2C(CO)C1O. The molecule has 150 valence electrons. The fourth-order valence-corrected chi connectivity index (χ4v) is 5.61. The molecule has 2 aliphatic carbocycles. The Kier molecular flexibility index (Phi) is 5.77. The lowest BCUT2D eigenvalue weighted by molar-refractivity contribution is -0.194. The molecule has 0 spiro atoms. The highest BCUT2D eigenvalue weighted by atomic mass is 16.6. The van der Waals surface area contributed by atoms with Crippen LogP contribution in [0.4, 0.5) is 0 Å². The van der Waals surface area contributed by atoms with Gasteiger partial charge in [0.25, 0.3) is 0 Å². The first-order valence-corrected chi connectivity index (χ1v) is 9.77. The third-order valence-electron chi connectivity index (χ3n) is 7.06. The number of hydrogen-bond acceptors (Lipinski definition) is 6. The number of fused-ring (bicyclic) bond motifs is 1. The minimum absolute atomic E-state index is 0.0817. The topological polar surface area (TPSA) is 97.0 Å². The number of hydrogen-bond donors (Lipinski definition) is 2. The third-order valence-corrected chi connectivity index (χ3v) is 7.06. The molecule has 0 bridgehead atoms. The van der Waals surface area contributed by atoms with E-state index in [-0.39, 0.29) is 35.6 Å². The van der Waals surface area contributed by atoms with Gasteiger partial charge in [-0.25, -0.2) is 0 Å². The number of aliphatic hydroxyl groups excluding tert-OH is 2. The summed E-state index contributed by atoms with van der Waals surface area (Å²) in [5.74, 6) is -0.869. The summed E-state index contributed by atoms with van der Waals surface area (Å²) in [5.41, 5.74) is 0.788. The van der Waals surface area contributed by atoms with Crippen molar-refractivity contribution < 1.29 is 29.0 Å². The average Bonchev–Trinajstić information content (AvgIpc) is 3.11. The highest BCUT2D eigenvalue weighted by Gasteiger charge is 2.58. The summed E-state index contributed by atoms with van der Waals surface area (Å²) in [6, 6.07) is 1.93. The van der Waals surface area contributed by atoms with E-state index >= 15 is 0 Å². The van der Waals surface area contributed by atoms with E-state index in [1.807, 2.05) is 13.0 Å². The van der Waals surface area contributed by atoms with E-state index in [2.05, 4.69) is 6.92 Å². The molecule has 6 nitrogen and oxygen atoms in total. The van der Waals surface area contributed by atoms with Crippen LogP contribution < -0.4 is 0 Å². The molecule has 27 heavy (non-hydrogen) atoms. The summed E-state index contributed by atoms with van der Waals surface area (Å²) in [7, 11) is 0. The Hall–Kier alpha value is -1.66. The number of aliphatic hydroxyl groups is 2. The van der Waals surface area contributed by atoms with Crippen molar-refractivity contribution in [1.29, 1.82) is 0 Å². The van der Waals surface area contributed by atoms with E-state index in [1.54, 1.807) is 12.5 Å². The van der Waals surface area contributed by atoms with E-state index in [1.165, 1.54) is 6.92 Å². The van der Waals surface area contributed by atoms with Gasteiger partial charge in [0.2, 0.25) is 0 Å². The van der Waals surface area contributed by atoms with E-state index in [4.69, 9.17) is 9.15 Å². The van der Waals surface area contributed by atoms with Gasteiger partial charge >= 0.3 is 5.97 Å². The molecule has 0 aromatic carbocycles. The predicted molar refractivity (Wildman–Crippen MR) is 97.7 cm³/mol. The zero-order valence-electron chi connectivity index (χ0n) is 16.3. The van der Waals surface area contributed by atoms with Gasteiger partial charge in [0.05, 0.1) is 18.6 Å². The van der Waals surface area contributed by atoms with Crippen LogP contribution in [0.2, 0.25) is 0 Å². The van der Waals surface area contributed by atoms with Crippen molar-refractivity contribution in [3.8, 4) is 0 Å². The molecule has 0 radical (unpaired) electrons. The molecule has 1 aromatic heterocycles.